The van der Waals surface area contributed by atoms with Gasteiger partial charge in [0.1, 0.15) is 18.8 Å². The Morgan fingerprint density at radius 1 is 1.53 bits per heavy atom. The number of thioether (sulfide) groups is 1. The first-order valence-corrected chi connectivity index (χ1v) is 8.49. The lowest BCUT2D eigenvalue weighted by atomic mass is 10.3. The van der Waals surface area contributed by atoms with Crippen LogP contribution in [-0.2, 0) is 9.53 Å². The Morgan fingerprint density at radius 2 is 2.18 bits per heavy atom. The van der Waals surface area contributed by atoms with Crippen molar-refractivity contribution in [1.29, 1.82) is 0 Å². The van der Waals surface area contributed by atoms with Crippen LogP contribution in [0.15, 0.2) is 10.8 Å². The van der Waals surface area contributed by atoms with Gasteiger partial charge < -0.3 is 4.74 Å². The maximum Gasteiger partial charge on any atom is 0.319 e. The normalized spacial score (nSPS) is 12.2. The lowest BCUT2D eigenvalue weighted by Crippen LogP contribution is -2.28. The first-order valence-electron chi connectivity index (χ1n) is 5.44. The van der Waals surface area contributed by atoms with E-state index in [9.17, 15) is 4.79 Å². The number of hydrogen-bond acceptors (Lipinski definition) is 5. The highest BCUT2D eigenvalue weighted by Gasteiger charge is 2.20. The van der Waals surface area contributed by atoms with E-state index in [1.54, 1.807) is 34.4 Å². The van der Waals surface area contributed by atoms with Crippen LogP contribution in [0.3, 0.4) is 0 Å². The van der Waals surface area contributed by atoms with Gasteiger partial charge >= 0.3 is 9.95 Å². The number of esters is 1. The average molecular weight is 292 g/mol. The quantitative estimate of drug-likeness (QED) is 0.592. The third kappa shape index (κ3) is 4.81. The van der Waals surface area contributed by atoms with Gasteiger partial charge in [0.25, 0.3) is 0 Å². The number of carbonyl (C=O) groups is 1. The number of carbonyl (C=O) groups excluding carboxylic acids is 1. The minimum Gasteiger partial charge on any atom is -0.465 e. The van der Waals surface area contributed by atoms with Crippen molar-refractivity contribution in [3.63, 3.8) is 0 Å². The summed E-state index contributed by atoms with van der Waals surface area (Å²) < 4.78 is 8.51. The van der Waals surface area contributed by atoms with Crippen molar-refractivity contribution in [2.24, 2.45) is 0 Å². The highest BCUT2D eigenvalue weighted by Crippen LogP contribution is 2.12. The van der Waals surface area contributed by atoms with Crippen LogP contribution in [0.2, 0.25) is 0 Å². The molecule has 17 heavy (non-hydrogen) atoms. The summed E-state index contributed by atoms with van der Waals surface area (Å²) in [5.41, 5.74) is 0. The molecule has 1 aromatic rings. The van der Waals surface area contributed by atoms with Gasteiger partial charge in [-0.3, -0.25) is 4.79 Å². The van der Waals surface area contributed by atoms with Crippen molar-refractivity contribution in [2.45, 2.75) is 18.6 Å². The Morgan fingerprint density at radius 3 is 2.71 bits per heavy atom. The van der Waals surface area contributed by atoms with Gasteiger partial charge in [-0.15, -0.1) is 11.8 Å². The highest BCUT2D eigenvalue weighted by molar-refractivity contribution is 7.99. The summed E-state index contributed by atoms with van der Waals surface area (Å²) in [6, 6.07) is 0. The summed E-state index contributed by atoms with van der Waals surface area (Å²) >= 11 is 5.02. The van der Waals surface area contributed by atoms with Crippen LogP contribution in [0.25, 0.3) is 0 Å². The molecular weight excluding hydrogens is 274 g/mol. The van der Waals surface area contributed by atoms with Crippen molar-refractivity contribution in [2.75, 3.05) is 26.5 Å². The molecule has 96 valence electrons. The summed E-state index contributed by atoms with van der Waals surface area (Å²) in [6.45, 7) is 3.18. The minimum absolute atomic E-state index is 0.0534. The molecule has 1 atom stereocenters. The zero-order valence-corrected chi connectivity index (χ0v) is 12.8. The van der Waals surface area contributed by atoms with Gasteiger partial charge in [0, 0.05) is 17.2 Å². The molecule has 0 bridgehead atoms. The van der Waals surface area contributed by atoms with E-state index in [0.717, 1.165) is 13.0 Å². The molecule has 0 aliphatic carbocycles. The maximum absolute atomic E-state index is 11.6. The second-order valence-corrected chi connectivity index (χ2v) is 6.55. The molecule has 0 spiro atoms. The largest absolute Gasteiger partial charge is 0.465 e. The van der Waals surface area contributed by atoms with Crippen LogP contribution in [0.1, 0.15) is 13.3 Å². The van der Waals surface area contributed by atoms with E-state index in [-0.39, 0.29) is 11.2 Å². The van der Waals surface area contributed by atoms with Gasteiger partial charge in [-0.1, -0.05) is 22.7 Å². The molecule has 0 fully saturated rings. The van der Waals surface area contributed by atoms with E-state index < -0.39 is 0 Å². The molecule has 1 rings (SSSR count). The van der Waals surface area contributed by atoms with E-state index >= 15 is 0 Å². The van der Waals surface area contributed by atoms with Gasteiger partial charge in [0.15, 0.2) is 0 Å². The third-order valence-electron chi connectivity index (χ3n) is 2.27. The van der Waals surface area contributed by atoms with Gasteiger partial charge in [0.05, 0.1) is 6.61 Å². The predicted molar refractivity (Wildman–Crippen MR) is 76.8 cm³/mol. The molecule has 0 aliphatic rings. The SMILES string of the molecule is CCOC(=O)C(CC[N+](C)=c1sccs1)SC. The highest BCUT2D eigenvalue weighted by atomic mass is 32.2. The lowest BCUT2D eigenvalue weighted by Gasteiger charge is -2.10. The number of rotatable bonds is 6. The second-order valence-electron chi connectivity index (χ2n) is 3.46. The standard InChI is InChI=1S/C11H18NO2S3/c1-4-14-10(13)9(15-3)5-6-12(2)11-16-7-8-17-11/h7-9H,4-6H2,1-3H3/q+1. The Labute approximate surface area is 114 Å². The summed E-state index contributed by atoms with van der Waals surface area (Å²) in [6.07, 6.45) is 2.77. The zero-order chi connectivity index (χ0) is 12.7. The van der Waals surface area contributed by atoms with E-state index in [1.807, 2.05) is 13.2 Å². The van der Waals surface area contributed by atoms with Crippen molar-refractivity contribution in [3.8, 4) is 0 Å². The Bertz CT molecular complexity index is 394. The topological polar surface area (TPSA) is 29.3 Å². The smallest absolute Gasteiger partial charge is 0.319 e. The number of ether oxygens (including phenoxy) is 1. The molecule has 6 heteroatoms. The minimum atomic E-state index is -0.0942. The zero-order valence-electron chi connectivity index (χ0n) is 10.3. The van der Waals surface area contributed by atoms with E-state index in [2.05, 4.69) is 22.4 Å². The third-order valence-corrected chi connectivity index (χ3v) is 5.58. The van der Waals surface area contributed by atoms with Gasteiger partial charge in [0.2, 0.25) is 0 Å². The van der Waals surface area contributed by atoms with Crippen molar-refractivity contribution >= 4 is 40.4 Å². The molecule has 0 saturated carbocycles. The average Bonchev–Trinajstić information content (AvgIpc) is 2.83. The lowest BCUT2D eigenvalue weighted by molar-refractivity contribution is -0.142. The number of nitrogens with zero attached hydrogens (tertiary/aromatic N) is 1. The maximum atomic E-state index is 11.6. The molecule has 1 unspecified atom stereocenters. The molecular formula is C11H18NO2S3+. The van der Waals surface area contributed by atoms with Crippen LogP contribution in [-0.4, -0.2) is 37.7 Å². The van der Waals surface area contributed by atoms with Crippen LogP contribution in [0.5, 0.6) is 0 Å². The van der Waals surface area contributed by atoms with E-state index in [4.69, 9.17) is 4.74 Å². The Hall–Kier alpha value is -0.330. The fourth-order valence-electron chi connectivity index (χ4n) is 1.35. The van der Waals surface area contributed by atoms with Crippen LogP contribution in [0, 0.1) is 0 Å². The van der Waals surface area contributed by atoms with E-state index in [1.165, 1.54) is 3.98 Å². The first kappa shape index (κ1) is 14.7. The van der Waals surface area contributed by atoms with E-state index in [0.29, 0.717) is 6.61 Å². The summed E-state index contributed by atoms with van der Waals surface area (Å²) in [4.78, 5) is 11.6. The molecule has 0 radical (unpaired) electrons. The molecule has 0 aliphatic heterocycles. The Balaban J connectivity index is 2.54. The molecule has 0 N–H and O–H groups in total. The molecule has 0 aromatic carbocycles. The van der Waals surface area contributed by atoms with Crippen LogP contribution in [0.4, 0.5) is 0 Å². The Kier molecular flexibility index (Phi) is 6.84. The van der Waals surface area contributed by atoms with Crippen molar-refractivity contribution < 1.29 is 9.53 Å². The fraction of sp³-hybridized carbons (Fsp3) is 0.636. The van der Waals surface area contributed by atoms with Crippen molar-refractivity contribution in [3.05, 3.63) is 14.7 Å². The fourth-order valence-corrected chi connectivity index (χ4v) is 3.73. The second kappa shape index (κ2) is 7.89. The van der Waals surface area contributed by atoms with Crippen molar-refractivity contribution in [1.82, 2.24) is 4.58 Å². The molecule has 3 nitrogen and oxygen atoms in total. The molecule has 1 heterocycles. The molecule has 0 amide bonds. The predicted octanol–water partition coefficient (Wildman–Crippen LogP) is 1.90. The molecule has 1 aromatic heterocycles. The van der Waals surface area contributed by atoms with Gasteiger partial charge in [-0.25, -0.2) is 4.58 Å². The first-order chi connectivity index (χ1) is 8.19. The summed E-state index contributed by atoms with van der Waals surface area (Å²) in [7, 11) is 2.06. The molecule has 0 saturated heterocycles. The van der Waals surface area contributed by atoms with Gasteiger partial charge in [-0.05, 0) is 13.2 Å². The summed E-state index contributed by atoms with van der Waals surface area (Å²) in [5.74, 6) is -0.0942. The van der Waals surface area contributed by atoms with Crippen LogP contribution >= 0.6 is 34.4 Å². The monoisotopic (exact) mass is 292 g/mol. The van der Waals surface area contributed by atoms with Crippen LogP contribution < -0.4 is 8.56 Å². The van der Waals surface area contributed by atoms with Gasteiger partial charge in [-0.2, -0.15) is 0 Å². The number of hydrogen-bond donors (Lipinski definition) is 0. The summed E-state index contributed by atoms with van der Waals surface area (Å²) in [5, 5.41) is 4.10.